The first-order chi connectivity index (χ1) is 8.77. The number of hydrogen-bond acceptors (Lipinski definition) is 3. The average Bonchev–Trinajstić information content (AvgIpc) is 2.27. The number of hydrogen-bond donors (Lipinski definition) is 1. The Morgan fingerprint density at radius 1 is 1.47 bits per heavy atom. The summed E-state index contributed by atoms with van der Waals surface area (Å²) in [6.07, 6.45) is 1.06. The second-order valence-electron chi connectivity index (χ2n) is 4.11. The van der Waals surface area contributed by atoms with E-state index < -0.39 is 16.1 Å². The number of anilines is 1. The van der Waals surface area contributed by atoms with Gasteiger partial charge in [0.15, 0.2) is 0 Å². The highest BCUT2D eigenvalue weighted by atomic mass is 35.5. The van der Waals surface area contributed by atoms with Crippen molar-refractivity contribution in [2.45, 2.75) is 19.9 Å². The average molecular weight is 305 g/mol. The van der Waals surface area contributed by atoms with Crippen LogP contribution in [0, 0.1) is 0 Å². The van der Waals surface area contributed by atoms with Crippen LogP contribution in [0.25, 0.3) is 0 Å². The number of benzene rings is 1. The van der Waals surface area contributed by atoms with E-state index in [-0.39, 0.29) is 5.91 Å². The number of carbonyl (C=O) groups is 1. The molecule has 0 aliphatic rings. The van der Waals surface area contributed by atoms with Crippen molar-refractivity contribution in [1.82, 2.24) is 5.32 Å². The van der Waals surface area contributed by atoms with Gasteiger partial charge in [0.1, 0.15) is 6.04 Å². The standard InChI is InChI=1S/C12H17ClN2O3S/c1-4-14-12(16)9(2)15(19(3,17)18)11-7-5-6-10(13)8-11/h5-9H,4H2,1-3H3,(H,14,16). The Balaban J connectivity index is 3.20. The van der Waals surface area contributed by atoms with Crippen molar-refractivity contribution in [2.24, 2.45) is 0 Å². The molecule has 1 unspecified atom stereocenters. The Morgan fingerprint density at radius 2 is 2.11 bits per heavy atom. The van der Waals surface area contributed by atoms with Crippen LogP contribution in [0.2, 0.25) is 5.02 Å². The summed E-state index contributed by atoms with van der Waals surface area (Å²) < 4.78 is 24.9. The van der Waals surface area contributed by atoms with Crippen molar-refractivity contribution in [3.63, 3.8) is 0 Å². The Morgan fingerprint density at radius 3 is 2.58 bits per heavy atom. The van der Waals surface area contributed by atoms with E-state index in [1.54, 1.807) is 25.1 Å². The molecule has 1 aromatic rings. The van der Waals surface area contributed by atoms with Gasteiger partial charge in [-0.05, 0) is 32.0 Å². The molecule has 0 saturated carbocycles. The molecule has 0 saturated heterocycles. The minimum absolute atomic E-state index is 0.354. The Labute approximate surface area is 118 Å². The number of amides is 1. The lowest BCUT2D eigenvalue weighted by Crippen LogP contribution is -2.47. The van der Waals surface area contributed by atoms with E-state index >= 15 is 0 Å². The predicted molar refractivity (Wildman–Crippen MR) is 76.9 cm³/mol. The third kappa shape index (κ3) is 4.11. The number of nitrogens with zero attached hydrogens (tertiary/aromatic N) is 1. The molecule has 0 radical (unpaired) electrons. The third-order valence-electron chi connectivity index (χ3n) is 2.50. The Hall–Kier alpha value is -1.27. The van der Waals surface area contributed by atoms with Crippen molar-refractivity contribution in [2.75, 3.05) is 17.1 Å². The molecule has 1 amide bonds. The molecule has 0 aliphatic carbocycles. The summed E-state index contributed by atoms with van der Waals surface area (Å²) >= 11 is 5.86. The van der Waals surface area contributed by atoms with Gasteiger partial charge in [0, 0.05) is 11.6 Å². The molecule has 0 bridgehead atoms. The van der Waals surface area contributed by atoms with E-state index in [1.165, 1.54) is 13.0 Å². The lowest BCUT2D eigenvalue weighted by atomic mass is 10.2. The van der Waals surface area contributed by atoms with Gasteiger partial charge in [-0.25, -0.2) is 8.42 Å². The van der Waals surface area contributed by atoms with Gasteiger partial charge < -0.3 is 5.32 Å². The molecule has 0 spiro atoms. The van der Waals surface area contributed by atoms with Crippen molar-refractivity contribution in [3.05, 3.63) is 29.3 Å². The van der Waals surface area contributed by atoms with Gasteiger partial charge in [-0.1, -0.05) is 17.7 Å². The first-order valence-electron chi connectivity index (χ1n) is 5.80. The van der Waals surface area contributed by atoms with Crippen LogP contribution < -0.4 is 9.62 Å². The van der Waals surface area contributed by atoms with Gasteiger partial charge in [0.2, 0.25) is 15.9 Å². The van der Waals surface area contributed by atoms with Gasteiger partial charge in [-0.15, -0.1) is 0 Å². The molecule has 0 aliphatic heterocycles. The number of carbonyl (C=O) groups excluding carboxylic acids is 1. The first kappa shape index (κ1) is 15.8. The molecule has 106 valence electrons. The van der Waals surface area contributed by atoms with E-state index in [2.05, 4.69) is 5.32 Å². The Bertz CT molecular complexity index is 560. The van der Waals surface area contributed by atoms with E-state index in [0.717, 1.165) is 10.6 Å². The molecule has 0 heterocycles. The zero-order valence-electron chi connectivity index (χ0n) is 11.1. The van der Waals surface area contributed by atoms with E-state index in [4.69, 9.17) is 11.6 Å². The van der Waals surface area contributed by atoms with Crippen LogP contribution in [0.1, 0.15) is 13.8 Å². The maximum Gasteiger partial charge on any atom is 0.243 e. The Kier molecular flexibility index (Phi) is 5.20. The summed E-state index contributed by atoms with van der Waals surface area (Å²) in [5.74, 6) is -0.354. The van der Waals surface area contributed by atoms with Crippen molar-refractivity contribution < 1.29 is 13.2 Å². The summed E-state index contributed by atoms with van der Waals surface area (Å²) in [5.41, 5.74) is 0.369. The predicted octanol–water partition coefficient (Wildman–Crippen LogP) is 1.63. The lowest BCUT2D eigenvalue weighted by molar-refractivity contribution is -0.121. The normalized spacial score (nSPS) is 12.8. The number of sulfonamides is 1. The first-order valence-corrected chi connectivity index (χ1v) is 8.02. The molecule has 19 heavy (non-hydrogen) atoms. The van der Waals surface area contributed by atoms with Gasteiger partial charge in [0.25, 0.3) is 0 Å². The molecule has 1 aromatic carbocycles. The molecule has 1 atom stereocenters. The highest BCUT2D eigenvalue weighted by Crippen LogP contribution is 2.24. The second kappa shape index (κ2) is 6.25. The van der Waals surface area contributed by atoms with Crippen LogP contribution in [-0.4, -0.2) is 33.2 Å². The zero-order chi connectivity index (χ0) is 14.6. The number of halogens is 1. The van der Waals surface area contributed by atoms with Crippen LogP contribution >= 0.6 is 11.6 Å². The second-order valence-corrected chi connectivity index (χ2v) is 6.41. The zero-order valence-corrected chi connectivity index (χ0v) is 12.6. The molecule has 1 N–H and O–H groups in total. The molecule has 5 nitrogen and oxygen atoms in total. The number of likely N-dealkylation sites (N-methyl/N-ethyl adjacent to an activating group) is 1. The fourth-order valence-electron chi connectivity index (χ4n) is 1.74. The van der Waals surface area contributed by atoms with Crippen LogP contribution in [0.4, 0.5) is 5.69 Å². The fourth-order valence-corrected chi connectivity index (χ4v) is 3.10. The summed E-state index contributed by atoms with van der Waals surface area (Å²) in [6, 6.07) is 5.55. The summed E-state index contributed by atoms with van der Waals surface area (Å²) in [4.78, 5) is 11.8. The quantitative estimate of drug-likeness (QED) is 0.899. The number of rotatable bonds is 5. The topological polar surface area (TPSA) is 66.5 Å². The highest BCUT2D eigenvalue weighted by molar-refractivity contribution is 7.92. The van der Waals surface area contributed by atoms with Gasteiger partial charge in [0.05, 0.1) is 11.9 Å². The van der Waals surface area contributed by atoms with Crippen molar-refractivity contribution >= 4 is 33.2 Å². The lowest BCUT2D eigenvalue weighted by Gasteiger charge is -2.28. The monoisotopic (exact) mass is 304 g/mol. The van der Waals surface area contributed by atoms with Crippen LogP contribution in [0.5, 0.6) is 0 Å². The maximum absolute atomic E-state index is 11.9. The summed E-state index contributed by atoms with van der Waals surface area (Å²) in [6.45, 7) is 3.75. The van der Waals surface area contributed by atoms with Crippen LogP contribution in [0.3, 0.4) is 0 Å². The summed E-state index contributed by atoms with van der Waals surface area (Å²) in [7, 11) is -3.58. The maximum atomic E-state index is 11.9. The smallest absolute Gasteiger partial charge is 0.243 e. The molecule has 1 rings (SSSR count). The molecule has 0 aromatic heterocycles. The molecule has 0 fully saturated rings. The third-order valence-corrected chi connectivity index (χ3v) is 3.98. The van der Waals surface area contributed by atoms with Gasteiger partial charge >= 0.3 is 0 Å². The van der Waals surface area contributed by atoms with Crippen LogP contribution in [0.15, 0.2) is 24.3 Å². The minimum Gasteiger partial charge on any atom is -0.355 e. The van der Waals surface area contributed by atoms with E-state index in [0.29, 0.717) is 17.3 Å². The van der Waals surface area contributed by atoms with Gasteiger partial charge in [-0.2, -0.15) is 0 Å². The molecular formula is C12H17ClN2O3S. The summed E-state index contributed by atoms with van der Waals surface area (Å²) in [5, 5.41) is 3.02. The fraction of sp³-hybridized carbons (Fsp3) is 0.417. The van der Waals surface area contributed by atoms with Gasteiger partial charge in [-0.3, -0.25) is 9.10 Å². The van der Waals surface area contributed by atoms with E-state index in [1.807, 2.05) is 0 Å². The van der Waals surface area contributed by atoms with Crippen molar-refractivity contribution in [3.8, 4) is 0 Å². The SMILES string of the molecule is CCNC(=O)C(C)N(c1cccc(Cl)c1)S(C)(=O)=O. The van der Waals surface area contributed by atoms with Crippen molar-refractivity contribution in [1.29, 1.82) is 0 Å². The molecular weight excluding hydrogens is 288 g/mol. The molecule has 7 heteroatoms. The van der Waals surface area contributed by atoms with E-state index in [9.17, 15) is 13.2 Å². The highest BCUT2D eigenvalue weighted by Gasteiger charge is 2.28. The number of nitrogens with one attached hydrogen (secondary N) is 1. The van der Waals surface area contributed by atoms with Crippen LogP contribution in [-0.2, 0) is 14.8 Å². The largest absolute Gasteiger partial charge is 0.355 e. The minimum atomic E-state index is -3.58.